The zero-order valence-corrected chi connectivity index (χ0v) is 17.0. The van der Waals surface area contributed by atoms with Crippen molar-refractivity contribution in [3.8, 4) is 22.8 Å². The lowest BCUT2D eigenvalue weighted by Gasteiger charge is -2.18. The largest absolute Gasteiger partial charge is 0.481 e. The van der Waals surface area contributed by atoms with Gasteiger partial charge in [-0.05, 0) is 42.5 Å². The first kappa shape index (κ1) is 20.2. The van der Waals surface area contributed by atoms with Crippen LogP contribution in [-0.4, -0.2) is 26.7 Å². The van der Waals surface area contributed by atoms with Gasteiger partial charge in [-0.15, -0.1) is 0 Å². The molecule has 5 rings (SSSR count). The number of rotatable bonds is 5. The Hall–Kier alpha value is -3.74. The van der Waals surface area contributed by atoms with Crippen molar-refractivity contribution in [3.05, 3.63) is 78.4 Å². The molecule has 32 heavy (non-hydrogen) atoms. The number of fused-ring (bicyclic) bond motifs is 1. The summed E-state index contributed by atoms with van der Waals surface area (Å²) in [5, 5.41) is 9.49. The van der Waals surface area contributed by atoms with Gasteiger partial charge in [-0.25, -0.2) is 8.78 Å². The Labute approximate surface area is 182 Å². The van der Waals surface area contributed by atoms with Gasteiger partial charge in [-0.3, -0.25) is 9.36 Å². The van der Waals surface area contributed by atoms with Crippen LogP contribution in [0.25, 0.3) is 27.8 Å². The Kier molecular flexibility index (Phi) is 5.09. The van der Waals surface area contributed by atoms with Crippen LogP contribution >= 0.6 is 0 Å². The van der Waals surface area contributed by atoms with E-state index in [1.807, 2.05) is 54.6 Å². The number of nitrogens with zero attached hydrogens (tertiary/aromatic N) is 2. The number of hydrogen-bond acceptors (Lipinski definition) is 3. The number of ether oxygens (including phenoxy) is 1. The first-order chi connectivity index (χ1) is 15.5. The van der Waals surface area contributed by atoms with Gasteiger partial charge < -0.3 is 9.84 Å². The molecule has 1 saturated carbocycles. The minimum atomic E-state index is -0.931. The molecule has 1 heterocycles. The van der Waals surface area contributed by atoms with Crippen LogP contribution in [0.1, 0.15) is 19.3 Å². The Bertz CT molecular complexity index is 1290. The van der Waals surface area contributed by atoms with Crippen LogP contribution in [0.15, 0.2) is 66.7 Å². The summed E-state index contributed by atoms with van der Waals surface area (Å²) in [6.07, 6.45) is 1.20. The van der Waals surface area contributed by atoms with Crippen molar-refractivity contribution < 1.29 is 23.4 Å². The molecule has 1 aliphatic carbocycles. The van der Waals surface area contributed by atoms with Crippen molar-refractivity contribution in [3.63, 3.8) is 0 Å². The fraction of sp³-hybridized carbons (Fsp3) is 0.200. The smallest absolute Gasteiger partial charge is 0.310 e. The molecule has 2 atom stereocenters. The van der Waals surface area contributed by atoms with Crippen LogP contribution in [-0.2, 0) is 4.79 Å². The van der Waals surface area contributed by atoms with E-state index in [1.54, 1.807) is 0 Å². The zero-order chi connectivity index (χ0) is 22.2. The molecule has 0 amide bonds. The second-order valence-corrected chi connectivity index (χ2v) is 7.93. The van der Waals surface area contributed by atoms with Crippen molar-refractivity contribution in [2.45, 2.75) is 25.4 Å². The summed E-state index contributed by atoms with van der Waals surface area (Å²) >= 11 is 0. The fourth-order valence-corrected chi connectivity index (χ4v) is 4.33. The summed E-state index contributed by atoms with van der Waals surface area (Å²) in [6.45, 7) is 0. The van der Waals surface area contributed by atoms with Gasteiger partial charge in [0.05, 0.1) is 17.1 Å². The fourth-order valence-electron chi connectivity index (χ4n) is 4.33. The molecule has 1 aromatic heterocycles. The highest BCUT2D eigenvalue weighted by Gasteiger charge is 2.36. The van der Waals surface area contributed by atoms with E-state index >= 15 is 0 Å². The van der Waals surface area contributed by atoms with Crippen LogP contribution in [0.3, 0.4) is 0 Å². The second-order valence-electron chi connectivity index (χ2n) is 7.93. The lowest BCUT2D eigenvalue weighted by molar-refractivity contribution is -0.144. The van der Waals surface area contributed by atoms with Gasteiger partial charge in [0, 0.05) is 12.1 Å². The predicted octanol–water partition coefficient (Wildman–Crippen LogP) is 5.60. The molecule has 0 spiro atoms. The molecule has 1 fully saturated rings. The Morgan fingerprint density at radius 2 is 1.72 bits per heavy atom. The van der Waals surface area contributed by atoms with Crippen molar-refractivity contribution in [2.75, 3.05) is 0 Å². The number of carbonyl (C=O) groups is 1. The van der Waals surface area contributed by atoms with Gasteiger partial charge in [0.1, 0.15) is 17.4 Å². The summed E-state index contributed by atoms with van der Waals surface area (Å²) < 4.78 is 36.1. The molecule has 1 N–H and O–H groups in total. The molecule has 162 valence electrons. The van der Waals surface area contributed by atoms with E-state index in [4.69, 9.17) is 4.74 Å². The molecule has 0 aliphatic heterocycles. The van der Waals surface area contributed by atoms with E-state index in [0.717, 1.165) is 23.6 Å². The number of aliphatic carboxylic acids is 1. The maximum Gasteiger partial charge on any atom is 0.310 e. The third kappa shape index (κ3) is 3.60. The Morgan fingerprint density at radius 3 is 2.44 bits per heavy atom. The van der Waals surface area contributed by atoms with Crippen molar-refractivity contribution in [1.82, 2.24) is 9.55 Å². The van der Waals surface area contributed by atoms with Crippen LogP contribution in [0.4, 0.5) is 8.78 Å². The summed E-state index contributed by atoms with van der Waals surface area (Å²) in [5.74, 6) is -3.12. The number of halogens is 2. The van der Waals surface area contributed by atoms with Crippen LogP contribution < -0.4 is 4.74 Å². The highest BCUT2D eigenvalue weighted by atomic mass is 19.1. The number of carboxylic acids is 1. The van der Waals surface area contributed by atoms with Gasteiger partial charge in [-0.1, -0.05) is 42.5 Å². The Balaban J connectivity index is 1.61. The molecular weight excluding hydrogens is 414 g/mol. The molecule has 1 aliphatic rings. The highest BCUT2D eigenvalue weighted by molar-refractivity contribution is 5.80. The number of carboxylic acid groups (broad SMARTS) is 1. The summed E-state index contributed by atoms with van der Waals surface area (Å²) in [7, 11) is 0. The third-order valence-corrected chi connectivity index (χ3v) is 5.91. The molecule has 2 unspecified atom stereocenters. The molecule has 3 aromatic carbocycles. The lowest BCUT2D eigenvalue weighted by Crippen LogP contribution is -2.28. The number of imidazole rings is 1. The number of hydrogen-bond donors (Lipinski definition) is 1. The monoisotopic (exact) mass is 434 g/mol. The molecule has 0 bridgehead atoms. The van der Waals surface area contributed by atoms with E-state index in [9.17, 15) is 18.7 Å². The number of aromatic nitrogens is 2. The van der Waals surface area contributed by atoms with E-state index in [2.05, 4.69) is 4.98 Å². The van der Waals surface area contributed by atoms with E-state index in [-0.39, 0.29) is 17.0 Å². The maximum absolute atomic E-state index is 14.5. The maximum atomic E-state index is 14.5. The van der Waals surface area contributed by atoms with Crippen LogP contribution in [0, 0.1) is 17.6 Å². The SMILES string of the molecule is O=C(O)C1CCCC1Oc1nc2c(F)cc(F)cc2n1-c1ccc(-c2ccccc2)cc1. The van der Waals surface area contributed by atoms with Crippen molar-refractivity contribution in [2.24, 2.45) is 5.92 Å². The third-order valence-electron chi connectivity index (χ3n) is 5.91. The molecule has 4 aromatic rings. The highest BCUT2D eigenvalue weighted by Crippen LogP contribution is 2.34. The van der Waals surface area contributed by atoms with Gasteiger partial charge in [0.15, 0.2) is 5.82 Å². The Morgan fingerprint density at radius 1 is 1.00 bits per heavy atom. The van der Waals surface area contributed by atoms with Gasteiger partial charge in [0.2, 0.25) is 0 Å². The summed E-state index contributed by atoms with van der Waals surface area (Å²) in [5.41, 5.74) is 2.82. The first-order valence-electron chi connectivity index (χ1n) is 10.4. The predicted molar refractivity (Wildman–Crippen MR) is 116 cm³/mol. The van der Waals surface area contributed by atoms with Crippen molar-refractivity contribution >= 4 is 17.0 Å². The van der Waals surface area contributed by atoms with Gasteiger partial charge >= 0.3 is 12.0 Å². The van der Waals surface area contributed by atoms with Gasteiger partial charge in [-0.2, -0.15) is 4.98 Å². The number of benzene rings is 3. The van der Waals surface area contributed by atoms with Crippen LogP contribution in [0.2, 0.25) is 0 Å². The first-order valence-corrected chi connectivity index (χ1v) is 10.4. The second kappa shape index (κ2) is 8.07. The average molecular weight is 434 g/mol. The van der Waals surface area contributed by atoms with E-state index < -0.39 is 29.6 Å². The quantitative estimate of drug-likeness (QED) is 0.444. The molecular formula is C25H20F2N2O3. The average Bonchev–Trinajstić information content (AvgIpc) is 3.39. The summed E-state index contributed by atoms with van der Waals surface area (Å²) in [6, 6.07) is 19.3. The van der Waals surface area contributed by atoms with Crippen molar-refractivity contribution in [1.29, 1.82) is 0 Å². The lowest BCUT2D eigenvalue weighted by atomic mass is 10.1. The molecule has 5 nitrogen and oxygen atoms in total. The van der Waals surface area contributed by atoms with Crippen LogP contribution in [0.5, 0.6) is 6.01 Å². The zero-order valence-electron chi connectivity index (χ0n) is 17.0. The topological polar surface area (TPSA) is 64.3 Å². The molecule has 0 radical (unpaired) electrons. The standard InChI is InChI=1S/C25H20F2N2O3/c26-17-13-20(27)23-21(14-17)29(25(28-23)32-22-8-4-7-19(22)24(30)31)18-11-9-16(10-12-18)15-5-2-1-3-6-15/h1-3,5-6,9-14,19,22H,4,7-8H2,(H,30,31). The van der Waals surface area contributed by atoms with E-state index in [0.29, 0.717) is 18.5 Å². The molecule has 0 saturated heterocycles. The minimum Gasteiger partial charge on any atom is -0.481 e. The van der Waals surface area contributed by atoms with Gasteiger partial charge in [0.25, 0.3) is 0 Å². The minimum absolute atomic E-state index is 0.0293. The summed E-state index contributed by atoms with van der Waals surface area (Å²) in [4.78, 5) is 15.9. The molecule has 7 heteroatoms. The normalized spacial score (nSPS) is 18.2. The van der Waals surface area contributed by atoms with E-state index in [1.165, 1.54) is 10.6 Å².